The number of hydrazine groups is 1. The monoisotopic (exact) mass is 283 g/mol. The van der Waals surface area contributed by atoms with E-state index in [4.69, 9.17) is 18.0 Å². The minimum atomic E-state index is -0.136. The molecule has 0 radical (unpaired) electrons. The Morgan fingerprint density at radius 2 is 2.17 bits per heavy atom. The van der Waals surface area contributed by atoms with Crippen molar-refractivity contribution in [3.63, 3.8) is 0 Å². The fourth-order valence-corrected chi connectivity index (χ4v) is 3.05. The lowest BCUT2D eigenvalue weighted by molar-refractivity contribution is 0.0813. The number of carbonyl (C=O) groups is 1. The van der Waals surface area contributed by atoms with E-state index in [0.29, 0.717) is 4.88 Å². The van der Waals surface area contributed by atoms with E-state index < -0.39 is 0 Å². The van der Waals surface area contributed by atoms with Crippen molar-refractivity contribution in [3.05, 3.63) is 22.4 Å². The van der Waals surface area contributed by atoms with Gasteiger partial charge in [-0.3, -0.25) is 15.2 Å². The Balaban J connectivity index is 2.02. The van der Waals surface area contributed by atoms with Crippen LogP contribution in [0.4, 0.5) is 0 Å². The standard InChI is InChI=1S/C12H17N3OS2/c13-12(17)15(9-5-2-1-3-6-9)14-11(16)10-7-4-8-18-10/h4,7-9H,1-3,5-6H2,(H2,13,17)(H,14,16). The molecule has 1 saturated carbocycles. The summed E-state index contributed by atoms with van der Waals surface area (Å²) in [4.78, 5) is 12.7. The molecule has 1 aromatic heterocycles. The number of nitrogens with zero attached hydrogens (tertiary/aromatic N) is 1. The molecular weight excluding hydrogens is 266 g/mol. The second kappa shape index (κ2) is 6.15. The fraction of sp³-hybridized carbons (Fsp3) is 0.500. The predicted octanol–water partition coefficient (Wildman–Crippen LogP) is 2.27. The highest BCUT2D eigenvalue weighted by atomic mass is 32.1. The van der Waals surface area contributed by atoms with Crippen LogP contribution < -0.4 is 11.2 Å². The van der Waals surface area contributed by atoms with Gasteiger partial charge in [0.15, 0.2) is 5.11 Å². The van der Waals surface area contributed by atoms with E-state index in [-0.39, 0.29) is 17.1 Å². The molecule has 1 aromatic rings. The first-order valence-corrected chi connectivity index (χ1v) is 7.40. The van der Waals surface area contributed by atoms with Crippen LogP contribution in [-0.4, -0.2) is 22.1 Å². The SMILES string of the molecule is NC(=S)N(NC(=O)c1cccs1)C1CCCCC1. The van der Waals surface area contributed by atoms with E-state index in [1.54, 1.807) is 11.1 Å². The van der Waals surface area contributed by atoms with Crippen molar-refractivity contribution in [2.45, 2.75) is 38.1 Å². The van der Waals surface area contributed by atoms with E-state index in [1.165, 1.54) is 30.6 Å². The second-order valence-corrected chi connectivity index (χ2v) is 5.78. The summed E-state index contributed by atoms with van der Waals surface area (Å²) in [6.07, 6.45) is 5.64. The van der Waals surface area contributed by atoms with Crippen molar-refractivity contribution in [1.82, 2.24) is 10.4 Å². The lowest BCUT2D eigenvalue weighted by atomic mass is 9.95. The maximum absolute atomic E-state index is 12.0. The molecule has 4 nitrogen and oxygen atoms in total. The van der Waals surface area contributed by atoms with Crippen LogP contribution >= 0.6 is 23.6 Å². The van der Waals surface area contributed by atoms with Crippen LogP contribution in [0.3, 0.4) is 0 Å². The predicted molar refractivity (Wildman–Crippen MR) is 77.3 cm³/mol. The van der Waals surface area contributed by atoms with Gasteiger partial charge in [0.05, 0.1) is 10.9 Å². The Morgan fingerprint density at radius 1 is 1.44 bits per heavy atom. The minimum Gasteiger partial charge on any atom is -0.375 e. The quantitative estimate of drug-likeness (QED) is 0.646. The number of hydrogen-bond acceptors (Lipinski definition) is 3. The molecule has 0 aromatic carbocycles. The smallest absolute Gasteiger partial charge is 0.279 e. The highest BCUT2D eigenvalue weighted by Gasteiger charge is 2.24. The molecule has 0 atom stereocenters. The zero-order valence-electron chi connectivity index (χ0n) is 10.1. The van der Waals surface area contributed by atoms with Gasteiger partial charge < -0.3 is 5.73 Å². The topological polar surface area (TPSA) is 58.4 Å². The molecule has 1 amide bonds. The molecule has 1 aliphatic rings. The van der Waals surface area contributed by atoms with E-state index in [2.05, 4.69) is 5.43 Å². The Morgan fingerprint density at radius 3 is 2.72 bits per heavy atom. The van der Waals surface area contributed by atoms with Gasteiger partial charge in [-0.2, -0.15) is 0 Å². The van der Waals surface area contributed by atoms with Crippen molar-refractivity contribution in [1.29, 1.82) is 0 Å². The molecule has 3 N–H and O–H groups in total. The van der Waals surface area contributed by atoms with Crippen LogP contribution in [0, 0.1) is 0 Å². The number of nitrogens with two attached hydrogens (primary N) is 1. The lowest BCUT2D eigenvalue weighted by Gasteiger charge is -2.34. The van der Waals surface area contributed by atoms with Crippen LogP contribution in [0.1, 0.15) is 41.8 Å². The van der Waals surface area contributed by atoms with E-state index in [1.807, 2.05) is 11.4 Å². The molecule has 98 valence electrons. The Hall–Kier alpha value is -1.14. The number of carbonyl (C=O) groups excluding carboxylic acids is 1. The van der Waals surface area contributed by atoms with E-state index in [0.717, 1.165) is 12.8 Å². The Kier molecular flexibility index (Phi) is 4.54. The van der Waals surface area contributed by atoms with Gasteiger partial charge in [-0.1, -0.05) is 25.3 Å². The van der Waals surface area contributed by atoms with Crippen LogP contribution in [0.5, 0.6) is 0 Å². The average molecular weight is 283 g/mol. The number of rotatable bonds is 2. The molecule has 0 unspecified atom stereocenters. The summed E-state index contributed by atoms with van der Waals surface area (Å²) in [5, 5.41) is 3.78. The molecular formula is C12H17N3OS2. The average Bonchev–Trinajstić information content (AvgIpc) is 2.90. The molecule has 0 saturated heterocycles. The van der Waals surface area contributed by atoms with Gasteiger partial charge in [0, 0.05) is 0 Å². The third-order valence-corrected chi connectivity index (χ3v) is 4.21. The summed E-state index contributed by atoms with van der Waals surface area (Å²) in [5.41, 5.74) is 8.54. The maximum atomic E-state index is 12.0. The molecule has 6 heteroatoms. The first-order chi connectivity index (χ1) is 8.68. The zero-order valence-corrected chi connectivity index (χ0v) is 11.7. The summed E-state index contributed by atoms with van der Waals surface area (Å²) in [5.74, 6) is -0.136. The molecule has 18 heavy (non-hydrogen) atoms. The fourth-order valence-electron chi connectivity index (χ4n) is 2.24. The Labute approximate surface area is 116 Å². The van der Waals surface area contributed by atoms with Crippen LogP contribution in [0.25, 0.3) is 0 Å². The Bertz CT molecular complexity index is 413. The minimum absolute atomic E-state index is 0.136. The summed E-state index contributed by atoms with van der Waals surface area (Å²) in [7, 11) is 0. The maximum Gasteiger partial charge on any atom is 0.279 e. The summed E-state index contributed by atoms with van der Waals surface area (Å²) < 4.78 is 0. The van der Waals surface area contributed by atoms with Gasteiger partial charge in [-0.05, 0) is 36.5 Å². The van der Waals surface area contributed by atoms with Gasteiger partial charge in [-0.25, -0.2) is 0 Å². The molecule has 1 fully saturated rings. The van der Waals surface area contributed by atoms with Crippen molar-refractivity contribution < 1.29 is 4.79 Å². The van der Waals surface area contributed by atoms with Crippen LogP contribution in [0.15, 0.2) is 17.5 Å². The number of thiocarbonyl (C=S) groups is 1. The second-order valence-electron chi connectivity index (χ2n) is 4.42. The van der Waals surface area contributed by atoms with Gasteiger partial charge in [0.25, 0.3) is 5.91 Å². The van der Waals surface area contributed by atoms with Gasteiger partial charge in [-0.15, -0.1) is 11.3 Å². The third-order valence-electron chi connectivity index (χ3n) is 3.14. The van der Waals surface area contributed by atoms with Crippen LogP contribution in [0.2, 0.25) is 0 Å². The van der Waals surface area contributed by atoms with Crippen molar-refractivity contribution in [2.75, 3.05) is 0 Å². The third kappa shape index (κ3) is 3.20. The molecule has 2 rings (SSSR count). The summed E-state index contributed by atoms with van der Waals surface area (Å²) >= 11 is 6.45. The van der Waals surface area contributed by atoms with Crippen molar-refractivity contribution in [3.8, 4) is 0 Å². The highest BCUT2D eigenvalue weighted by Crippen LogP contribution is 2.21. The largest absolute Gasteiger partial charge is 0.375 e. The molecule has 1 aliphatic carbocycles. The lowest BCUT2D eigenvalue weighted by Crippen LogP contribution is -2.54. The first kappa shape index (κ1) is 13.3. The zero-order chi connectivity index (χ0) is 13.0. The van der Waals surface area contributed by atoms with Gasteiger partial charge in [0.2, 0.25) is 0 Å². The van der Waals surface area contributed by atoms with Gasteiger partial charge in [0.1, 0.15) is 0 Å². The summed E-state index contributed by atoms with van der Waals surface area (Å²) in [6.45, 7) is 0. The molecule has 0 bridgehead atoms. The van der Waals surface area contributed by atoms with Crippen LogP contribution in [-0.2, 0) is 0 Å². The first-order valence-electron chi connectivity index (χ1n) is 6.11. The van der Waals surface area contributed by atoms with Crippen molar-refractivity contribution in [2.24, 2.45) is 5.73 Å². The van der Waals surface area contributed by atoms with Gasteiger partial charge >= 0.3 is 0 Å². The number of hydrogen-bond donors (Lipinski definition) is 2. The highest BCUT2D eigenvalue weighted by molar-refractivity contribution is 7.80. The normalized spacial score (nSPS) is 16.2. The molecule has 0 spiro atoms. The summed E-state index contributed by atoms with van der Waals surface area (Å²) in [6, 6.07) is 3.88. The van der Waals surface area contributed by atoms with E-state index in [9.17, 15) is 4.79 Å². The molecule has 1 heterocycles. The number of thiophene rings is 1. The molecule has 0 aliphatic heterocycles. The number of amides is 1. The van der Waals surface area contributed by atoms with E-state index >= 15 is 0 Å². The number of nitrogens with one attached hydrogen (secondary N) is 1. The van der Waals surface area contributed by atoms with Crippen molar-refractivity contribution >= 4 is 34.6 Å².